The second-order valence-electron chi connectivity index (χ2n) is 6.72. The van der Waals surface area contributed by atoms with Crippen LogP contribution in [0, 0.1) is 13.8 Å². The Bertz CT molecular complexity index is 913. The monoisotopic (exact) mass is 381 g/mol. The summed E-state index contributed by atoms with van der Waals surface area (Å²) < 4.78 is 5.54. The molecule has 0 spiro atoms. The van der Waals surface area contributed by atoms with Crippen molar-refractivity contribution in [2.45, 2.75) is 32.7 Å². The summed E-state index contributed by atoms with van der Waals surface area (Å²) in [5.74, 6) is -0.532. The summed E-state index contributed by atoms with van der Waals surface area (Å²) in [7, 11) is 0. The fourth-order valence-corrected chi connectivity index (χ4v) is 3.22. The highest BCUT2D eigenvalue weighted by Crippen LogP contribution is 2.31. The van der Waals surface area contributed by atoms with Gasteiger partial charge in [-0.25, -0.2) is 4.79 Å². The molecule has 0 radical (unpaired) electrons. The molecule has 0 saturated carbocycles. The molecule has 3 rings (SSSR count). The van der Waals surface area contributed by atoms with Crippen molar-refractivity contribution in [3.05, 3.63) is 65.2 Å². The van der Waals surface area contributed by atoms with Crippen molar-refractivity contribution in [3.63, 3.8) is 0 Å². The predicted molar refractivity (Wildman–Crippen MR) is 103 cm³/mol. The second kappa shape index (κ2) is 7.72. The number of carbonyl (C=O) groups is 3. The summed E-state index contributed by atoms with van der Waals surface area (Å²) in [6, 6.07) is 13.9. The molecule has 4 amide bonds. The molecular formula is C21H23N3O4. The average molecular weight is 381 g/mol. The van der Waals surface area contributed by atoms with Crippen molar-refractivity contribution in [3.8, 4) is 5.75 Å². The molecule has 1 aliphatic rings. The predicted octanol–water partition coefficient (Wildman–Crippen LogP) is 2.57. The van der Waals surface area contributed by atoms with Gasteiger partial charge in [0.25, 0.3) is 11.8 Å². The zero-order chi connectivity index (χ0) is 20.3. The van der Waals surface area contributed by atoms with E-state index in [9.17, 15) is 14.4 Å². The topological polar surface area (TPSA) is 87.7 Å². The van der Waals surface area contributed by atoms with Gasteiger partial charge in [0, 0.05) is 0 Å². The van der Waals surface area contributed by atoms with Crippen LogP contribution < -0.4 is 15.5 Å². The minimum atomic E-state index is -1.19. The number of urea groups is 1. The van der Waals surface area contributed by atoms with Gasteiger partial charge in [0.05, 0.1) is 0 Å². The maximum Gasteiger partial charge on any atom is 0.344 e. The largest absolute Gasteiger partial charge is 0.483 e. The van der Waals surface area contributed by atoms with Gasteiger partial charge in [-0.2, -0.15) is 5.01 Å². The lowest BCUT2D eigenvalue weighted by atomic mass is 9.87. The van der Waals surface area contributed by atoms with Crippen LogP contribution in [0.5, 0.6) is 5.75 Å². The van der Waals surface area contributed by atoms with Gasteiger partial charge >= 0.3 is 6.03 Å². The van der Waals surface area contributed by atoms with E-state index < -0.39 is 23.4 Å². The van der Waals surface area contributed by atoms with Crippen LogP contribution in [0.25, 0.3) is 0 Å². The molecule has 7 nitrogen and oxygen atoms in total. The third kappa shape index (κ3) is 3.43. The lowest BCUT2D eigenvalue weighted by Crippen LogP contribution is -2.49. The number of hydrogen-bond acceptors (Lipinski definition) is 4. The minimum absolute atomic E-state index is 0.314. The maximum atomic E-state index is 13.0. The Morgan fingerprint density at radius 3 is 2.50 bits per heavy atom. The molecule has 1 aliphatic heterocycles. The highest BCUT2D eigenvalue weighted by atomic mass is 16.5. The number of rotatable bonds is 6. The zero-order valence-corrected chi connectivity index (χ0v) is 16.1. The Kier molecular flexibility index (Phi) is 5.35. The number of hydrogen-bond donors (Lipinski definition) is 2. The summed E-state index contributed by atoms with van der Waals surface area (Å²) in [5, 5.41) is 3.44. The van der Waals surface area contributed by atoms with Crippen molar-refractivity contribution >= 4 is 17.8 Å². The Morgan fingerprint density at radius 1 is 1.11 bits per heavy atom. The lowest BCUT2D eigenvalue weighted by Gasteiger charge is -2.25. The van der Waals surface area contributed by atoms with E-state index in [2.05, 4.69) is 10.7 Å². The van der Waals surface area contributed by atoms with Gasteiger partial charge in [0.1, 0.15) is 11.3 Å². The lowest BCUT2D eigenvalue weighted by molar-refractivity contribution is -0.140. The van der Waals surface area contributed by atoms with Crippen molar-refractivity contribution in [1.29, 1.82) is 0 Å². The molecular weight excluding hydrogens is 358 g/mol. The molecule has 0 aliphatic carbocycles. The van der Waals surface area contributed by atoms with Gasteiger partial charge in [-0.1, -0.05) is 49.4 Å². The van der Waals surface area contributed by atoms with E-state index in [4.69, 9.17) is 4.74 Å². The molecule has 28 heavy (non-hydrogen) atoms. The molecule has 1 atom stereocenters. The fourth-order valence-electron chi connectivity index (χ4n) is 3.22. The minimum Gasteiger partial charge on any atom is -0.483 e. The number of ether oxygens (including phenoxy) is 1. The molecule has 1 saturated heterocycles. The van der Waals surface area contributed by atoms with Crippen molar-refractivity contribution in [2.75, 3.05) is 6.61 Å². The van der Waals surface area contributed by atoms with E-state index in [1.54, 1.807) is 37.3 Å². The first-order valence-electron chi connectivity index (χ1n) is 9.09. The van der Waals surface area contributed by atoms with Gasteiger partial charge in [-0.15, -0.1) is 0 Å². The number of imide groups is 1. The van der Waals surface area contributed by atoms with Crippen LogP contribution >= 0.6 is 0 Å². The first-order chi connectivity index (χ1) is 13.4. The number of benzene rings is 2. The van der Waals surface area contributed by atoms with E-state index >= 15 is 0 Å². The summed E-state index contributed by atoms with van der Waals surface area (Å²) in [6.45, 7) is 5.34. The molecule has 0 aromatic heterocycles. The number of aryl methyl sites for hydroxylation is 1. The number of nitrogens with zero attached hydrogens (tertiary/aromatic N) is 1. The molecule has 2 aromatic carbocycles. The molecule has 2 aromatic rings. The maximum absolute atomic E-state index is 13.0. The van der Waals surface area contributed by atoms with Crippen molar-refractivity contribution in [1.82, 2.24) is 15.8 Å². The number of nitrogens with one attached hydrogen (secondary N) is 2. The van der Waals surface area contributed by atoms with E-state index in [0.29, 0.717) is 17.7 Å². The molecule has 0 unspecified atom stereocenters. The number of carbonyl (C=O) groups excluding carboxylic acids is 3. The quantitative estimate of drug-likeness (QED) is 0.753. The standard InChI is InChI=1S/C21H23N3O4/c1-4-21(16-10-6-5-7-11-16)19(26)24(20(27)22-21)23-18(25)13-28-17-12-8-9-14(2)15(17)3/h5-12H,4,13H2,1-3H3,(H,22,27)(H,23,25)/t21-/m1/s1. The SMILES string of the molecule is CC[C@]1(c2ccccc2)NC(=O)N(NC(=O)COc2cccc(C)c2C)C1=O. The van der Waals surface area contributed by atoms with Gasteiger partial charge < -0.3 is 10.1 Å². The van der Waals surface area contributed by atoms with Crippen LogP contribution in [0.1, 0.15) is 30.0 Å². The van der Waals surface area contributed by atoms with Gasteiger partial charge in [0.15, 0.2) is 6.61 Å². The summed E-state index contributed by atoms with van der Waals surface area (Å²) >= 11 is 0. The normalized spacial score (nSPS) is 18.8. The van der Waals surface area contributed by atoms with Crippen LogP contribution in [0.2, 0.25) is 0 Å². The summed E-state index contributed by atoms with van der Waals surface area (Å²) in [5.41, 5.74) is 3.79. The van der Waals surface area contributed by atoms with Crippen LogP contribution in [0.3, 0.4) is 0 Å². The number of amides is 4. The molecule has 0 bridgehead atoms. The second-order valence-corrected chi connectivity index (χ2v) is 6.72. The fraction of sp³-hybridized carbons (Fsp3) is 0.286. The zero-order valence-electron chi connectivity index (χ0n) is 16.1. The Labute approximate surface area is 163 Å². The van der Waals surface area contributed by atoms with Crippen LogP contribution in [-0.4, -0.2) is 29.5 Å². The average Bonchev–Trinajstić information content (AvgIpc) is 2.95. The highest BCUT2D eigenvalue weighted by molar-refractivity contribution is 6.08. The first kappa shape index (κ1) is 19.4. The molecule has 146 valence electrons. The Balaban J connectivity index is 1.70. The van der Waals surface area contributed by atoms with Crippen molar-refractivity contribution in [2.24, 2.45) is 0 Å². The first-order valence-corrected chi connectivity index (χ1v) is 9.09. The molecule has 7 heteroatoms. The van der Waals surface area contributed by atoms with Crippen LogP contribution in [-0.2, 0) is 15.1 Å². The Hall–Kier alpha value is -3.35. The smallest absolute Gasteiger partial charge is 0.344 e. The molecule has 1 heterocycles. The van der Waals surface area contributed by atoms with Crippen LogP contribution in [0.4, 0.5) is 4.79 Å². The number of hydrazine groups is 1. The van der Waals surface area contributed by atoms with Gasteiger partial charge in [-0.05, 0) is 43.0 Å². The van der Waals surface area contributed by atoms with E-state index in [1.165, 1.54) is 0 Å². The van der Waals surface area contributed by atoms with Crippen molar-refractivity contribution < 1.29 is 19.1 Å². The van der Waals surface area contributed by atoms with E-state index in [-0.39, 0.29) is 6.61 Å². The molecule has 2 N–H and O–H groups in total. The third-order valence-electron chi connectivity index (χ3n) is 5.04. The van der Waals surface area contributed by atoms with E-state index in [1.807, 2.05) is 32.0 Å². The highest BCUT2D eigenvalue weighted by Gasteiger charge is 2.52. The summed E-state index contributed by atoms with van der Waals surface area (Å²) in [6.07, 6.45) is 0.354. The molecule has 1 fully saturated rings. The van der Waals surface area contributed by atoms with Gasteiger partial charge in [0.2, 0.25) is 0 Å². The summed E-state index contributed by atoms with van der Waals surface area (Å²) in [4.78, 5) is 37.6. The third-order valence-corrected chi connectivity index (χ3v) is 5.04. The van der Waals surface area contributed by atoms with Crippen LogP contribution in [0.15, 0.2) is 48.5 Å². The van der Waals surface area contributed by atoms with Gasteiger partial charge in [-0.3, -0.25) is 15.0 Å². The Morgan fingerprint density at radius 2 is 1.82 bits per heavy atom. The van der Waals surface area contributed by atoms with E-state index in [0.717, 1.165) is 16.1 Å².